The molecule has 8 heteroatoms. The van der Waals surface area contributed by atoms with Crippen LogP contribution in [0.25, 0.3) is 0 Å². The van der Waals surface area contributed by atoms with Crippen molar-refractivity contribution in [3.05, 3.63) is 35.5 Å². The van der Waals surface area contributed by atoms with E-state index < -0.39 is 6.61 Å². The van der Waals surface area contributed by atoms with Crippen molar-refractivity contribution in [1.29, 1.82) is 0 Å². The lowest BCUT2D eigenvalue weighted by molar-refractivity contribution is -0.0498. The van der Waals surface area contributed by atoms with Gasteiger partial charge in [-0.15, -0.1) is 0 Å². The van der Waals surface area contributed by atoms with Crippen LogP contribution in [-0.2, 0) is 0 Å². The Labute approximate surface area is 125 Å². The number of alkyl halides is 2. The van der Waals surface area contributed by atoms with E-state index >= 15 is 0 Å². The van der Waals surface area contributed by atoms with Gasteiger partial charge in [-0.1, -0.05) is 11.6 Å². The molecule has 0 atom stereocenters. The number of hydrogen-bond acceptors (Lipinski definition) is 5. The molecule has 0 saturated heterocycles. The van der Waals surface area contributed by atoms with Gasteiger partial charge in [-0.2, -0.15) is 13.8 Å². The van der Waals surface area contributed by atoms with E-state index in [1.165, 1.54) is 18.3 Å². The van der Waals surface area contributed by atoms with Crippen molar-refractivity contribution in [1.82, 2.24) is 9.97 Å². The molecule has 0 aliphatic carbocycles. The molecule has 0 radical (unpaired) electrons. The highest BCUT2D eigenvalue weighted by Gasteiger charge is 2.07. The highest BCUT2D eigenvalue weighted by Crippen LogP contribution is 2.25. The Balaban J connectivity index is 2.12. The van der Waals surface area contributed by atoms with E-state index in [9.17, 15) is 8.78 Å². The van der Waals surface area contributed by atoms with Crippen LogP contribution in [0.15, 0.2) is 30.5 Å². The van der Waals surface area contributed by atoms with Gasteiger partial charge in [-0.25, -0.2) is 4.98 Å². The number of aromatic nitrogens is 2. The van der Waals surface area contributed by atoms with Gasteiger partial charge in [-0.05, 0) is 31.2 Å². The van der Waals surface area contributed by atoms with Crippen molar-refractivity contribution in [3.8, 4) is 5.75 Å². The molecule has 1 heterocycles. The molecule has 0 bridgehead atoms. The smallest absolute Gasteiger partial charge is 0.387 e. The number of benzene rings is 1. The molecule has 0 amide bonds. The van der Waals surface area contributed by atoms with Gasteiger partial charge in [0.15, 0.2) is 5.82 Å². The third-order valence-corrected chi connectivity index (χ3v) is 2.70. The maximum atomic E-state index is 12.1. The molecule has 21 heavy (non-hydrogen) atoms. The minimum atomic E-state index is -2.84. The second-order valence-corrected chi connectivity index (χ2v) is 4.36. The second-order valence-electron chi connectivity index (χ2n) is 3.95. The summed E-state index contributed by atoms with van der Waals surface area (Å²) >= 11 is 6.01. The summed E-state index contributed by atoms with van der Waals surface area (Å²) < 4.78 is 28.4. The van der Waals surface area contributed by atoms with E-state index in [1.807, 2.05) is 6.92 Å². The zero-order chi connectivity index (χ0) is 15.2. The van der Waals surface area contributed by atoms with Crippen molar-refractivity contribution >= 4 is 29.1 Å². The molecule has 0 fully saturated rings. The van der Waals surface area contributed by atoms with Crippen molar-refractivity contribution < 1.29 is 13.5 Å². The topological polar surface area (TPSA) is 59.1 Å². The van der Waals surface area contributed by atoms with Gasteiger partial charge in [0.25, 0.3) is 0 Å². The van der Waals surface area contributed by atoms with E-state index in [0.717, 1.165) is 0 Å². The third kappa shape index (κ3) is 4.42. The number of anilines is 3. The molecule has 0 saturated carbocycles. The molecule has 1 aromatic heterocycles. The summed E-state index contributed by atoms with van der Waals surface area (Å²) in [6.07, 6.45) is 1.48. The summed E-state index contributed by atoms with van der Waals surface area (Å²) in [5.41, 5.74) is 0.639. The largest absolute Gasteiger partial charge is 0.435 e. The fourth-order valence-electron chi connectivity index (χ4n) is 1.55. The average molecular weight is 315 g/mol. The second kappa shape index (κ2) is 7.03. The Morgan fingerprint density at radius 1 is 1.29 bits per heavy atom. The van der Waals surface area contributed by atoms with Gasteiger partial charge in [0.05, 0.1) is 6.20 Å². The summed E-state index contributed by atoms with van der Waals surface area (Å²) in [7, 11) is 0. The predicted octanol–water partition coefficient (Wildman–Crippen LogP) is 3.91. The predicted molar refractivity (Wildman–Crippen MR) is 77.6 cm³/mol. The number of nitrogens with zero attached hydrogens (tertiary/aromatic N) is 2. The molecule has 112 valence electrons. The Hall–Kier alpha value is -2.15. The van der Waals surface area contributed by atoms with Crippen LogP contribution in [0.5, 0.6) is 5.75 Å². The molecule has 0 aliphatic rings. The van der Waals surface area contributed by atoms with Crippen LogP contribution < -0.4 is 15.4 Å². The van der Waals surface area contributed by atoms with Crippen LogP contribution in [0.2, 0.25) is 5.02 Å². The van der Waals surface area contributed by atoms with Crippen LogP contribution in [-0.4, -0.2) is 23.1 Å². The normalized spacial score (nSPS) is 10.5. The first-order valence-electron chi connectivity index (χ1n) is 6.16. The average Bonchev–Trinajstić information content (AvgIpc) is 2.44. The standard InChI is InChI=1S/C13H13ClF2N4O/c1-2-17-13-18-7-10(14)11(20-13)19-8-3-5-9(6-4-8)21-12(15)16/h3-7,12H,2H2,1H3,(H2,17,18,19,20). The summed E-state index contributed by atoms with van der Waals surface area (Å²) in [6.45, 7) is -0.240. The number of hydrogen-bond donors (Lipinski definition) is 2. The van der Waals surface area contributed by atoms with Gasteiger partial charge >= 0.3 is 6.61 Å². The molecule has 2 N–H and O–H groups in total. The zero-order valence-corrected chi connectivity index (χ0v) is 11.9. The summed E-state index contributed by atoms with van der Waals surface area (Å²) in [6, 6.07) is 6.02. The van der Waals surface area contributed by atoms with Crippen LogP contribution in [0.1, 0.15) is 6.92 Å². The lowest BCUT2D eigenvalue weighted by Gasteiger charge is -2.10. The van der Waals surface area contributed by atoms with E-state index in [1.54, 1.807) is 12.1 Å². The first-order valence-corrected chi connectivity index (χ1v) is 6.54. The van der Waals surface area contributed by atoms with Crippen molar-refractivity contribution in [2.24, 2.45) is 0 Å². The Kier molecular flexibility index (Phi) is 5.10. The van der Waals surface area contributed by atoms with Gasteiger partial charge < -0.3 is 15.4 Å². The highest BCUT2D eigenvalue weighted by molar-refractivity contribution is 6.32. The maximum absolute atomic E-state index is 12.1. The minimum absolute atomic E-state index is 0.0812. The summed E-state index contributed by atoms with van der Waals surface area (Å²) in [5.74, 6) is 0.949. The van der Waals surface area contributed by atoms with Crippen LogP contribution in [0.3, 0.4) is 0 Å². The number of ether oxygens (including phenoxy) is 1. The Bertz CT molecular complexity index is 595. The SMILES string of the molecule is CCNc1ncc(Cl)c(Nc2ccc(OC(F)F)cc2)n1. The number of rotatable bonds is 6. The van der Waals surface area contributed by atoms with Crippen molar-refractivity contribution in [2.45, 2.75) is 13.5 Å². The van der Waals surface area contributed by atoms with Gasteiger partial charge in [0.2, 0.25) is 5.95 Å². The van der Waals surface area contributed by atoms with Crippen LogP contribution in [0, 0.1) is 0 Å². The summed E-state index contributed by atoms with van der Waals surface area (Å²) in [5, 5.41) is 6.30. The van der Waals surface area contributed by atoms with Gasteiger partial charge in [0.1, 0.15) is 10.8 Å². The molecule has 2 aromatic rings. The molecule has 0 unspecified atom stereocenters. The fourth-order valence-corrected chi connectivity index (χ4v) is 1.69. The van der Waals surface area contributed by atoms with E-state index in [-0.39, 0.29) is 5.75 Å². The first kappa shape index (κ1) is 15.2. The fraction of sp³-hybridized carbons (Fsp3) is 0.231. The van der Waals surface area contributed by atoms with Crippen LogP contribution >= 0.6 is 11.6 Å². The Morgan fingerprint density at radius 2 is 2.00 bits per heavy atom. The lowest BCUT2D eigenvalue weighted by Crippen LogP contribution is -2.04. The summed E-state index contributed by atoms with van der Waals surface area (Å²) in [4.78, 5) is 8.23. The number of nitrogens with one attached hydrogen (secondary N) is 2. The molecule has 0 spiro atoms. The van der Waals surface area contributed by atoms with Gasteiger partial charge in [0, 0.05) is 12.2 Å². The van der Waals surface area contributed by atoms with E-state index in [2.05, 4.69) is 25.3 Å². The van der Waals surface area contributed by atoms with E-state index in [4.69, 9.17) is 11.6 Å². The third-order valence-electron chi connectivity index (χ3n) is 2.42. The van der Waals surface area contributed by atoms with Crippen molar-refractivity contribution in [2.75, 3.05) is 17.2 Å². The minimum Gasteiger partial charge on any atom is -0.435 e. The highest BCUT2D eigenvalue weighted by atomic mass is 35.5. The van der Waals surface area contributed by atoms with Crippen molar-refractivity contribution in [3.63, 3.8) is 0 Å². The lowest BCUT2D eigenvalue weighted by atomic mass is 10.3. The zero-order valence-electron chi connectivity index (χ0n) is 11.1. The maximum Gasteiger partial charge on any atom is 0.387 e. The van der Waals surface area contributed by atoms with Crippen LogP contribution in [0.4, 0.5) is 26.2 Å². The monoisotopic (exact) mass is 314 g/mol. The van der Waals surface area contributed by atoms with Gasteiger partial charge in [-0.3, -0.25) is 0 Å². The number of halogens is 3. The molecular formula is C13H13ClF2N4O. The quantitative estimate of drug-likeness (QED) is 0.846. The van der Waals surface area contributed by atoms with E-state index in [0.29, 0.717) is 29.0 Å². The molecule has 1 aromatic carbocycles. The molecule has 2 rings (SSSR count). The molecule has 5 nitrogen and oxygen atoms in total. The molecular weight excluding hydrogens is 302 g/mol. The first-order chi connectivity index (χ1) is 10.1. The Morgan fingerprint density at radius 3 is 2.62 bits per heavy atom. The molecule has 0 aliphatic heterocycles.